The molecule has 1 aromatic carbocycles. The third-order valence-corrected chi connectivity index (χ3v) is 3.21. The Morgan fingerprint density at radius 1 is 0.880 bits per heavy atom. The van der Waals surface area contributed by atoms with E-state index < -0.39 is 5.97 Å². The molecule has 0 radical (unpaired) electrons. The number of carbonyl (C=O) groups is 2. The van der Waals surface area contributed by atoms with E-state index >= 15 is 0 Å². The number of hydrogen-bond donors (Lipinski definition) is 2. The van der Waals surface area contributed by atoms with Crippen LogP contribution in [0.1, 0.15) is 24.8 Å². The van der Waals surface area contributed by atoms with Crippen LogP contribution < -0.4 is 5.32 Å². The topological polar surface area (TPSA) is 94.1 Å². The van der Waals surface area contributed by atoms with Crippen molar-refractivity contribution in [2.45, 2.75) is 25.9 Å². The number of aliphatic carboxylic acids is 1. The highest BCUT2D eigenvalue weighted by Crippen LogP contribution is 1.99. The zero-order valence-corrected chi connectivity index (χ0v) is 14.4. The third kappa shape index (κ3) is 13.1. The SMILES string of the molecule is O=C(O)CCC(=O)NCCCOCCOCCOCc1ccccc1. The van der Waals surface area contributed by atoms with E-state index in [1.54, 1.807) is 0 Å². The van der Waals surface area contributed by atoms with Gasteiger partial charge in [-0.1, -0.05) is 30.3 Å². The predicted molar refractivity (Wildman–Crippen MR) is 92.2 cm³/mol. The average Bonchev–Trinajstić information content (AvgIpc) is 2.61. The lowest BCUT2D eigenvalue weighted by Gasteiger charge is -2.07. The highest BCUT2D eigenvalue weighted by atomic mass is 16.5. The maximum atomic E-state index is 11.3. The van der Waals surface area contributed by atoms with Crippen LogP contribution in [0.3, 0.4) is 0 Å². The van der Waals surface area contributed by atoms with Gasteiger partial charge in [0.25, 0.3) is 0 Å². The molecule has 1 aromatic rings. The molecule has 0 bridgehead atoms. The Hall–Kier alpha value is -1.96. The van der Waals surface area contributed by atoms with Crippen LogP contribution in [-0.4, -0.2) is 56.6 Å². The van der Waals surface area contributed by atoms with Gasteiger partial charge >= 0.3 is 5.97 Å². The van der Waals surface area contributed by atoms with Crippen LogP contribution in [0.2, 0.25) is 0 Å². The molecule has 0 aromatic heterocycles. The monoisotopic (exact) mass is 353 g/mol. The summed E-state index contributed by atoms with van der Waals surface area (Å²) in [7, 11) is 0. The Kier molecular flexibility index (Phi) is 12.1. The van der Waals surface area contributed by atoms with Crippen LogP contribution >= 0.6 is 0 Å². The third-order valence-electron chi connectivity index (χ3n) is 3.21. The van der Waals surface area contributed by atoms with Crippen molar-refractivity contribution < 1.29 is 28.9 Å². The largest absolute Gasteiger partial charge is 0.481 e. The highest BCUT2D eigenvalue weighted by Gasteiger charge is 2.04. The van der Waals surface area contributed by atoms with Gasteiger partial charge < -0.3 is 24.6 Å². The molecule has 140 valence electrons. The van der Waals surface area contributed by atoms with Gasteiger partial charge in [0.05, 0.1) is 39.5 Å². The molecule has 0 spiro atoms. The molecule has 25 heavy (non-hydrogen) atoms. The van der Waals surface area contributed by atoms with Crippen molar-refractivity contribution in [1.82, 2.24) is 5.32 Å². The molecular formula is C18H27NO6. The first-order chi connectivity index (χ1) is 12.2. The predicted octanol–water partition coefficient (Wildman–Crippen LogP) is 1.61. The van der Waals surface area contributed by atoms with E-state index in [0.29, 0.717) is 52.6 Å². The van der Waals surface area contributed by atoms with E-state index in [1.807, 2.05) is 30.3 Å². The molecule has 0 fully saturated rings. The van der Waals surface area contributed by atoms with Gasteiger partial charge in [-0.05, 0) is 12.0 Å². The number of hydrogen-bond acceptors (Lipinski definition) is 5. The second-order valence-corrected chi connectivity index (χ2v) is 5.36. The minimum atomic E-state index is -0.969. The molecule has 0 atom stereocenters. The number of carbonyl (C=O) groups excluding carboxylic acids is 1. The first-order valence-electron chi connectivity index (χ1n) is 8.44. The van der Waals surface area contributed by atoms with E-state index in [1.165, 1.54) is 0 Å². The lowest BCUT2D eigenvalue weighted by Crippen LogP contribution is -2.25. The van der Waals surface area contributed by atoms with E-state index in [2.05, 4.69) is 5.32 Å². The summed E-state index contributed by atoms with van der Waals surface area (Å²) in [4.78, 5) is 21.6. The Labute approximate surface area is 148 Å². The summed E-state index contributed by atoms with van der Waals surface area (Å²) in [6, 6.07) is 9.97. The van der Waals surface area contributed by atoms with Crippen molar-refractivity contribution in [3.8, 4) is 0 Å². The fraction of sp³-hybridized carbons (Fsp3) is 0.556. The lowest BCUT2D eigenvalue weighted by atomic mass is 10.2. The Bertz CT molecular complexity index is 480. The highest BCUT2D eigenvalue weighted by molar-refractivity contribution is 5.80. The first-order valence-corrected chi connectivity index (χ1v) is 8.44. The zero-order valence-electron chi connectivity index (χ0n) is 14.4. The van der Waals surface area contributed by atoms with Gasteiger partial charge in [-0.25, -0.2) is 0 Å². The van der Waals surface area contributed by atoms with Gasteiger partial charge in [0, 0.05) is 19.6 Å². The average molecular weight is 353 g/mol. The standard InChI is InChI=1S/C18H27NO6/c20-17(7-8-18(21)22)19-9-4-10-23-11-12-24-13-14-25-15-16-5-2-1-3-6-16/h1-3,5-6H,4,7-15H2,(H,19,20)(H,21,22). The Balaban J connectivity index is 1.78. The Morgan fingerprint density at radius 3 is 2.20 bits per heavy atom. The number of amides is 1. The number of nitrogens with one attached hydrogen (secondary N) is 1. The molecule has 2 N–H and O–H groups in total. The van der Waals surface area contributed by atoms with Crippen LogP contribution in [0.4, 0.5) is 0 Å². The number of ether oxygens (including phenoxy) is 3. The number of benzene rings is 1. The molecule has 0 unspecified atom stereocenters. The van der Waals surface area contributed by atoms with Gasteiger partial charge in [-0.2, -0.15) is 0 Å². The quantitative estimate of drug-likeness (QED) is 0.465. The molecule has 0 aliphatic rings. The van der Waals surface area contributed by atoms with E-state index in [-0.39, 0.29) is 18.7 Å². The van der Waals surface area contributed by atoms with Crippen LogP contribution in [-0.2, 0) is 30.4 Å². The lowest BCUT2D eigenvalue weighted by molar-refractivity contribution is -0.138. The molecule has 0 saturated heterocycles. The van der Waals surface area contributed by atoms with Crippen molar-refractivity contribution in [3.63, 3.8) is 0 Å². The molecule has 0 heterocycles. The van der Waals surface area contributed by atoms with Crippen molar-refractivity contribution >= 4 is 11.9 Å². The van der Waals surface area contributed by atoms with Gasteiger partial charge in [-0.15, -0.1) is 0 Å². The summed E-state index contributed by atoms with van der Waals surface area (Å²) in [6.45, 7) is 3.64. The second-order valence-electron chi connectivity index (χ2n) is 5.36. The molecule has 1 amide bonds. The normalized spacial score (nSPS) is 10.6. The van der Waals surface area contributed by atoms with Crippen LogP contribution in [0.5, 0.6) is 0 Å². The number of carboxylic acids is 1. The molecule has 0 aliphatic carbocycles. The molecule has 7 heteroatoms. The van der Waals surface area contributed by atoms with Crippen molar-refractivity contribution in [2.24, 2.45) is 0 Å². The molecule has 7 nitrogen and oxygen atoms in total. The van der Waals surface area contributed by atoms with Gasteiger partial charge in [-0.3, -0.25) is 9.59 Å². The van der Waals surface area contributed by atoms with Crippen molar-refractivity contribution in [1.29, 1.82) is 0 Å². The van der Waals surface area contributed by atoms with Crippen molar-refractivity contribution in [2.75, 3.05) is 39.6 Å². The fourth-order valence-corrected chi connectivity index (χ4v) is 1.91. The molecule has 0 aliphatic heterocycles. The fourth-order valence-electron chi connectivity index (χ4n) is 1.91. The summed E-state index contributed by atoms with van der Waals surface area (Å²) in [6.07, 6.45) is 0.546. The summed E-state index contributed by atoms with van der Waals surface area (Å²) < 4.78 is 16.3. The van der Waals surface area contributed by atoms with Crippen LogP contribution in [0.25, 0.3) is 0 Å². The number of rotatable bonds is 15. The van der Waals surface area contributed by atoms with E-state index in [0.717, 1.165) is 5.56 Å². The summed E-state index contributed by atoms with van der Waals surface area (Å²) in [5.74, 6) is -1.22. The van der Waals surface area contributed by atoms with Crippen LogP contribution in [0, 0.1) is 0 Å². The first kappa shape index (κ1) is 21.1. The summed E-state index contributed by atoms with van der Waals surface area (Å²) in [5.41, 5.74) is 1.14. The zero-order chi connectivity index (χ0) is 18.2. The summed E-state index contributed by atoms with van der Waals surface area (Å²) >= 11 is 0. The minimum absolute atomic E-state index is 0.0103. The molecule has 0 saturated carbocycles. The van der Waals surface area contributed by atoms with E-state index in [4.69, 9.17) is 19.3 Å². The van der Waals surface area contributed by atoms with Gasteiger partial charge in [0.15, 0.2) is 0 Å². The van der Waals surface area contributed by atoms with E-state index in [9.17, 15) is 9.59 Å². The minimum Gasteiger partial charge on any atom is -0.481 e. The van der Waals surface area contributed by atoms with Gasteiger partial charge in [0.2, 0.25) is 5.91 Å². The van der Waals surface area contributed by atoms with Gasteiger partial charge in [0.1, 0.15) is 0 Å². The number of carboxylic acid groups (broad SMARTS) is 1. The maximum absolute atomic E-state index is 11.3. The smallest absolute Gasteiger partial charge is 0.303 e. The van der Waals surface area contributed by atoms with Crippen molar-refractivity contribution in [3.05, 3.63) is 35.9 Å². The molecule has 1 rings (SSSR count). The summed E-state index contributed by atoms with van der Waals surface area (Å²) in [5, 5.41) is 11.1. The molecular weight excluding hydrogens is 326 g/mol. The second kappa shape index (κ2) is 14.4. The van der Waals surface area contributed by atoms with Crippen LogP contribution in [0.15, 0.2) is 30.3 Å². The maximum Gasteiger partial charge on any atom is 0.303 e. The Morgan fingerprint density at radius 2 is 1.52 bits per heavy atom.